The van der Waals surface area contributed by atoms with Crippen LogP contribution in [0.1, 0.15) is 12.8 Å². The van der Waals surface area contributed by atoms with E-state index in [9.17, 15) is 4.79 Å². The van der Waals surface area contributed by atoms with E-state index in [4.69, 9.17) is 18.4 Å². The van der Waals surface area contributed by atoms with Gasteiger partial charge in [0, 0.05) is 33.8 Å². The fourth-order valence-electron chi connectivity index (χ4n) is 1.79. The summed E-state index contributed by atoms with van der Waals surface area (Å²) in [6.45, 7) is 1.49. The number of carbonyl (C=O) groups is 1. The van der Waals surface area contributed by atoms with Crippen molar-refractivity contribution in [1.82, 2.24) is 0 Å². The van der Waals surface area contributed by atoms with Crippen LogP contribution in [-0.2, 0) is 18.1 Å². The van der Waals surface area contributed by atoms with Crippen LogP contribution in [-0.4, -0.2) is 72.9 Å². The largest absolute Gasteiger partial charge is 0.500 e. The molecule has 0 aromatic rings. The highest BCUT2D eigenvalue weighted by Gasteiger charge is 2.37. The second-order valence-corrected chi connectivity index (χ2v) is 8.02. The second kappa shape index (κ2) is 7.85. The molecule has 0 bridgehead atoms. The van der Waals surface area contributed by atoms with Crippen molar-refractivity contribution in [3.05, 3.63) is 0 Å². The fourth-order valence-corrected chi connectivity index (χ4v) is 3.49. The fraction of sp³-hybridized carbons (Fsp3) is 0.909. The highest BCUT2D eigenvalue weighted by molar-refractivity contribution is 6.60. The predicted molar refractivity (Wildman–Crippen MR) is 70.3 cm³/mol. The second-order valence-electron chi connectivity index (χ2n) is 4.93. The number of carboxylic acid groups (broad SMARTS) is 1. The third-order valence-corrected chi connectivity index (χ3v) is 5.94. The number of rotatable bonds is 10. The van der Waals surface area contributed by atoms with Crippen LogP contribution in [0.15, 0.2) is 0 Å². The molecule has 0 aromatic carbocycles. The summed E-state index contributed by atoms with van der Waals surface area (Å²) >= 11 is 0. The molecule has 1 N–H and O–H groups in total. The average Bonchev–Trinajstić information content (AvgIpc) is 2.33. The van der Waals surface area contributed by atoms with Crippen molar-refractivity contribution in [2.75, 3.05) is 48.5 Å². The Morgan fingerprint density at radius 1 is 1.11 bits per heavy atom. The quantitative estimate of drug-likeness (QED) is 0.474. The summed E-state index contributed by atoms with van der Waals surface area (Å²) < 4.78 is 16.7. The van der Waals surface area contributed by atoms with E-state index in [0.717, 1.165) is 19.0 Å². The van der Waals surface area contributed by atoms with Crippen LogP contribution in [0, 0.1) is 0 Å². The third-order valence-electron chi connectivity index (χ3n) is 3.11. The molecular weight excluding hydrogens is 254 g/mol. The zero-order valence-corrected chi connectivity index (χ0v) is 13.1. The lowest BCUT2D eigenvalue weighted by Gasteiger charge is -2.31. The number of hydrogen-bond acceptors (Lipinski definition) is 4. The van der Waals surface area contributed by atoms with E-state index in [1.54, 1.807) is 21.3 Å². The molecule has 0 saturated carbocycles. The maximum Gasteiger partial charge on any atom is 0.500 e. The maximum absolute atomic E-state index is 10.6. The van der Waals surface area contributed by atoms with Crippen LogP contribution in [0.3, 0.4) is 0 Å². The summed E-state index contributed by atoms with van der Waals surface area (Å²) in [6, 6.07) is 0.741. The van der Waals surface area contributed by atoms with Gasteiger partial charge in [0.1, 0.15) is 0 Å². The summed E-state index contributed by atoms with van der Waals surface area (Å²) in [5, 5.41) is 8.68. The first kappa shape index (κ1) is 17.5. The topological polar surface area (TPSA) is 65.0 Å². The molecule has 6 nitrogen and oxygen atoms in total. The van der Waals surface area contributed by atoms with E-state index in [0.29, 0.717) is 11.0 Å². The summed E-state index contributed by atoms with van der Waals surface area (Å²) in [7, 11) is 6.37. The van der Waals surface area contributed by atoms with Crippen molar-refractivity contribution in [3.63, 3.8) is 0 Å². The van der Waals surface area contributed by atoms with Gasteiger partial charge in [-0.25, -0.2) is 0 Å². The standard InChI is InChI=1S/C11H25NO5Si/c1-12(2,9-7-11(13)14)8-6-10-18(15-3,16-4)17-5/h6-10H2,1-5H3/p+1. The Hall–Kier alpha value is -0.473. The van der Waals surface area contributed by atoms with Gasteiger partial charge in [-0.05, 0) is 0 Å². The van der Waals surface area contributed by atoms with E-state index in [1.807, 2.05) is 14.1 Å². The maximum atomic E-state index is 10.6. The van der Waals surface area contributed by atoms with Gasteiger partial charge in [-0.1, -0.05) is 0 Å². The molecular formula is C11H26NO5Si+. The molecule has 7 heteroatoms. The van der Waals surface area contributed by atoms with Crippen LogP contribution in [0.25, 0.3) is 0 Å². The Morgan fingerprint density at radius 3 is 2.00 bits per heavy atom. The molecule has 0 atom stereocenters. The van der Waals surface area contributed by atoms with Crippen molar-refractivity contribution in [2.24, 2.45) is 0 Å². The lowest BCUT2D eigenvalue weighted by atomic mass is 10.3. The van der Waals surface area contributed by atoms with Crippen molar-refractivity contribution in [2.45, 2.75) is 18.9 Å². The van der Waals surface area contributed by atoms with Crippen LogP contribution in [0.5, 0.6) is 0 Å². The Bertz CT molecular complexity index is 248. The lowest BCUT2D eigenvalue weighted by Crippen LogP contribution is -2.46. The van der Waals surface area contributed by atoms with Crippen LogP contribution < -0.4 is 0 Å². The van der Waals surface area contributed by atoms with Gasteiger partial charge in [0.05, 0.1) is 33.6 Å². The smallest absolute Gasteiger partial charge is 0.481 e. The number of carboxylic acids is 1. The number of hydrogen-bond donors (Lipinski definition) is 1. The highest BCUT2D eigenvalue weighted by Crippen LogP contribution is 2.16. The monoisotopic (exact) mass is 280 g/mol. The molecule has 0 heterocycles. The molecule has 18 heavy (non-hydrogen) atoms. The number of quaternary nitrogens is 1. The minimum Gasteiger partial charge on any atom is -0.481 e. The predicted octanol–water partition coefficient (Wildman–Crippen LogP) is 0.806. The minimum atomic E-state index is -2.49. The summed E-state index contributed by atoms with van der Waals surface area (Å²) in [4.78, 5) is 10.6. The lowest BCUT2D eigenvalue weighted by molar-refractivity contribution is -0.889. The first-order chi connectivity index (χ1) is 8.31. The third kappa shape index (κ3) is 6.46. The first-order valence-electron chi connectivity index (χ1n) is 6.00. The van der Waals surface area contributed by atoms with E-state index in [-0.39, 0.29) is 6.42 Å². The summed E-state index contributed by atoms with van der Waals surface area (Å²) in [6.07, 6.45) is 1.07. The van der Waals surface area contributed by atoms with Gasteiger partial charge in [0.25, 0.3) is 0 Å². The Balaban J connectivity index is 4.11. The van der Waals surface area contributed by atoms with Gasteiger partial charge in [-0.2, -0.15) is 0 Å². The van der Waals surface area contributed by atoms with Gasteiger partial charge in [-0.15, -0.1) is 0 Å². The van der Waals surface area contributed by atoms with Crippen LogP contribution >= 0.6 is 0 Å². The molecule has 0 saturated heterocycles. The van der Waals surface area contributed by atoms with Gasteiger partial charge in [0.15, 0.2) is 0 Å². The molecule has 0 aliphatic heterocycles. The van der Waals surface area contributed by atoms with Crippen molar-refractivity contribution < 1.29 is 27.7 Å². The van der Waals surface area contributed by atoms with E-state index >= 15 is 0 Å². The molecule has 0 aromatic heterocycles. The van der Waals surface area contributed by atoms with E-state index < -0.39 is 14.8 Å². The molecule has 0 fully saturated rings. The Labute approximate surface area is 110 Å². The molecule has 0 aliphatic carbocycles. The Kier molecular flexibility index (Phi) is 7.65. The minimum absolute atomic E-state index is 0.189. The molecule has 0 amide bonds. The van der Waals surface area contributed by atoms with Crippen molar-refractivity contribution in [1.29, 1.82) is 0 Å². The summed E-state index contributed by atoms with van der Waals surface area (Å²) in [5.74, 6) is -0.754. The van der Waals surface area contributed by atoms with Gasteiger partial charge >= 0.3 is 14.8 Å². The molecule has 0 aliphatic rings. The Morgan fingerprint density at radius 2 is 1.61 bits per heavy atom. The number of aliphatic carboxylic acids is 1. The molecule has 0 rings (SSSR count). The molecule has 0 radical (unpaired) electrons. The first-order valence-corrected chi connectivity index (χ1v) is 7.93. The van der Waals surface area contributed by atoms with Gasteiger partial charge < -0.3 is 22.9 Å². The zero-order chi connectivity index (χ0) is 14.2. The normalized spacial score (nSPS) is 12.7. The molecule has 0 unspecified atom stereocenters. The summed E-state index contributed by atoms with van der Waals surface area (Å²) in [5.41, 5.74) is 0. The van der Waals surface area contributed by atoms with Crippen LogP contribution in [0.4, 0.5) is 0 Å². The highest BCUT2D eigenvalue weighted by atomic mass is 28.4. The van der Waals surface area contributed by atoms with Gasteiger partial charge in [-0.3, -0.25) is 4.79 Å². The number of nitrogens with zero attached hydrogens (tertiary/aromatic N) is 1. The average molecular weight is 280 g/mol. The van der Waals surface area contributed by atoms with E-state index in [2.05, 4.69) is 0 Å². The van der Waals surface area contributed by atoms with Gasteiger partial charge in [0.2, 0.25) is 0 Å². The molecule has 0 spiro atoms. The van der Waals surface area contributed by atoms with Crippen LogP contribution in [0.2, 0.25) is 6.04 Å². The van der Waals surface area contributed by atoms with Crippen molar-refractivity contribution in [3.8, 4) is 0 Å². The molecule has 108 valence electrons. The van der Waals surface area contributed by atoms with E-state index in [1.165, 1.54) is 0 Å². The SMILES string of the molecule is CO[Si](CCC[N+](C)(C)CCC(=O)O)(OC)OC. The van der Waals surface area contributed by atoms with Crippen molar-refractivity contribution >= 4 is 14.8 Å². The zero-order valence-electron chi connectivity index (χ0n) is 12.1.